The largest absolute Gasteiger partial charge is 0.424 e. The van der Waals surface area contributed by atoms with Crippen LogP contribution in [-0.4, -0.2) is 41.3 Å². The Labute approximate surface area is 123 Å². The van der Waals surface area contributed by atoms with Gasteiger partial charge in [-0.3, -0.25) is 4.90 Å². The summed E-state index contributed by atoms with van der Waals surface area (Å²) in [4.78, 5) is 4.68. The number of hydrogen-bond acceptors (Lipinski definition) is 5. The van der Waals surface area contributed by atoms with Crippen molar-refractivity contribution in [2.45, 2.75) is 13.5 Å². The third-order valence-corrected chi connectivity index (χ3v) is 3.71. The van der Waals surface area contributed by atoms with Gasteiger partial charge in [-0.05, 0) is 18.2 Å². The summed E-state index contributed by atoms with van der Waals surface area (Å²) in [6.45, 7) is 6.46. The Morgan fingerprint density at radius 3 is 2.65 bits per heavy atom. The lowest BCUT2D eigenvalue weighted by Gasteiger charge is -2.35. The lowest BCUT2D eigenvalue weighted by atomic mass is 10.2. The van der Waals surface area contributed by atoms with E-state index in [0.717, 1.165) is 37.7 Å². The normalized spacial score (nSPS) is 16.6. The highest BCUT2D eigenvalue weighted by molar-refractivity contribution is 6.30. The van der Waals surface area contributed by atoms with E-state index in [1.54, 1.807) is 0 Å². The van der Waals surface area contributed by atoms with E-state index < -0.39 is 0 Å². The topological polar surface area (TPSA) is 45.4 Å². The van der Waals surface area contributed by atoms with E-state index in [1.807, 2.05) is 25.1 Å². The molecule has 2 heterocycles. The molecule has 1 aromatic carbocycles. The Bertz CT molecular complexity index is 578. The molecule has 1 fully saturated rings. The first-order valence-corrected chi connectivity index (χ1v) is 7.10. The third kappa shape index (κ3) is 3.11. The van der Waals surface area contributed by atoms with Gasteiger partial charge in [-0.2, -0.15) is 0 Å². The molecule has 6 heteroatoms. The fourth-order valence-electron chi connectivity index (χ4n) is 2.43. The Kier molecular flexibility index (Phi) is 3.89. The van der Waals surface area contributed by atoms with E-state index in [4.69, 9.17) is 16.0 Å². The van der Waals surface area contributed by atoms with Crippen LogP contribution in [0.5, 0.6) is 0 Å². The van der Waals surface area contributed by atoms with Gasteiger partial charge in [-0.25, -0.2) is 0 Å². The third-order valence-electron chi connectivity index (χ3n) is 3.47. The number of anilines is 1. The van der Waals surface area contributed by atoms with Gasteiger partial charge in [0.2, 0.25) is 11.8 Å². The molecule has 0 spiro atoms. The van der Waals surface area contributed by atoms with Crippen molar-refractivity contribution in [3.8, 4) is 0 Å². The van der Waals surface area contributed by atoms with Gasteiger partial charge in [0.25, 0.3) is 0 Å². The highest BCUT2D eigenvalue weighted by atomic mass is 35.5. The molecule has 0 bridgehead atoms. The number of aromatic nitrogens is 2. The molecule has 20 heavy (non-hydrogen) atoms. The maximum absolute atomic E-state index is 6.04. The molecule has 0 amide bonds. The van der Waals surface area contributed by atoms with Crippen LogP contribution >= 0.6 is 11.6 Å². The van der Waals surface area contributed by atoms with Crippen molar-refractivity contribution in [2.75, 3.05) is 31.1 Å². The van der Waals surface area contributed by atoms with Crippen LogP contribution in [0, 0.1) is 6.92 Å². The minimum Gasteiger partial charge on any atom is -0.424 e. The second-order valence-electron chi connectivity index (χ2n) is 4.96. The summed E-state index contributed by atoms with van der Waals surface area (Å²) in [7, 11) is 0. The summed E-state index contributed by atoms with van der Waals surface area (Å²) in [6.07, 6.45) is 0. The van der Waals surface area contributed by atoms with E-state index in [2.05, 4.69) is 26.1 Å². The summed E-state index contributed by atoms with van der Waals surface area (Å²) in [6, 6.07) is 8.01. The molecule has 0 unspecified atom stereocenters. The van der Waals surface area contributed by atoms with Crippen LogP contribution in [0.25, 0.3) is 0 Å². The van der Waals surface area contributed by atoms with E-state index in [0.29, 0.717) is 11.8 Å². The number of halogens is 1. The predicted molar refractivity (Wildman–Crippen MR) is 78.0 cm³/mol. The van der Waals surface area contributed by atoms with Crippen molar-refractivity contribution in [1.82, 2.24) is 15.1 Å². The molecular weight excluding hydrogens is 276 g/mol. The zero-order valence-electron chi connectivity index (χ0n) is 11.4. The highest BCUT2D eigenvalue weighted by Gasteiger charge is 2.19. The molecule has 1 aliphatic heterocycles. The molecule has 1 saturated heterocycles. The molecule has 1 aromatic heterocycles. The number of aryl methyl sites for hydroxylation is 1. The maximum Gasteiger partial charge on any atom is 0.230 e. The first kappa shape index (κ1) is 13.4. The number of piperazine rings is 1. The average molecular weight is 293 g/mol. The van der Waals surface area contributed by atoms with Crippen LogP contribution in [0.1, 0.15) is 11.8 Å². The number of nitrogens with zero attached hydrogens (tertiary/aromatic N) is 4. The number of rotatable bonds is 3. The van der Waals surface area contributed by atoms with Crippen molar-refractivity contribution >= 4 is 17.3 Å². The Hall–Kier alpha value is -1.59. The van der Waals surface area contributed by atoms with Crippen LogP contribution in [-0.2, 0) is 6.54 Å². The molecule has 0 aliphatic carbocycles. The molecular formula is C14H17ClN4O. The van der Waals surface area contributed by atoms with Gasteiger partial charge in [0.05, 0.1) is 6.54 Å². The summed E-state index contributed by atoms with van der Waals surface area (Å²) < 4.78 is 5.42. The number of benzene rings is 1. The second kappa shape index (κ2) is 5.81. The molecule has 5 nitrogen and oxygen atoms in total. The Morgan fingerprint density at radius 1 is 1.20 bits per heavy atom. The Morgan fingerprint density at radius 2 is 2.00 bits per heavy atom. The minimum absolute atomic E-state index is 0.623. The summed E-state index contributed by atoms with van der Waals surface area (Å²) in [5.74, 6) is 1.32. The SMILES string of the molecule is Cc1nnc(CN2CCN(c3cccc(Cl)c3)CC2)o1. The van der Waals surface area contributed by atoms with Gasteiger partial charge >= 0.3 is 0 Å². The highest BCUT2D eigenvalue weighted by Crippen LogP contribution is 2.21. The van der Waals surface area contributed by atoms with Crippen molar-refractivity contribution in [3.63, 3.8) is 0 Å². The monoisotopic (exact) mass is 292 g/mol. The van der Waals surface area contributed by atoms with Crippen LogP contribution in [0.15, 0.2) is 28.7 Å². The molecule has 0 saturated carbocycles. The van der Waals surface area contributed by atoms with Gasteiger partial charge in [-0.1, -0.05) is 17.7 Å². The zero-order chi connectivity index (χ0) is 13.9. The average Bonchev–Trinajstić information content (AvgIpc) is 2.85. The fraction of sp³-hybridized carbons (Fsp3) is 0.429. The molecule has 106 valence electrons. The van der Waals surface area contributed by atoms with Crippen molar-refractivity contribution in [3.05, 3.63) is 41.1 Å². The van der Waals surface area contributed by atoms with E-state index in [1.165, 1.54) is 5.69 Å². The van der Waals surface area contributed by atoms with Gasteiger partial charge in [0.15, 0.2) is 0 Å². The lowest BCUT2D eigenvalue weighted by Crippen LogP contribution is -2.46. The first-order valence-electron chi connectivity index (χ1n) is 6.72. The van der Waals surface area contributed by atoms with Crippen LogP contribution < -0.4 is 4.90 Å². The maximum atomic E-state index is 6.04. The van der Waals surface area contributed by atoms with Crippen molar-refractivity contribution in [1.29, 1.82) is 0 Å². The molecule has 0 radical (unpaired) electrons. The van der Waals surface area contributed by atoms with E-state index in [9.17, 15) is 0 Å². The zero-order valence-corrected chi connectivity index (χ0v) is 12.2. The van der Waals surface area contributed by atoms with Crippen LogP contribution in [0.2, 0.25) is 5.02 Å². The predicted octanol–water partition coefficient (Wildman–Crippen LogP) is 2.35. The van der Waals surface area contributed by atoms with Crippen molar-refractivity contribution < 1.29 is 4.42 Å². The molecule has 0 atom stereocenters. The molecule has 0 N–H and O–H groups in total. The fourth-order valence-corrected chi connectivity index (χ4v) is 2.61. The van der Waals surface area contributed by atoms with Crippen LogP contribution in [0.3, 0.4) is 0 Å². The quantitative estimate of drug-likeness (QED) is 0.869. The van der Waals surface area contributed by atoms with E-state index >= 15 is 0 Å². The van der Waals surface area contributed by atoms with Gasteiger partial charge in [-0.15, -0.1) is 10.2 Å². The molecule has 3 rings (SSSR count). The van der Waals surface area contributed by atoms with E-state index in [-0.39, 0.29) is 0 Å². The molecule has 2 aromatic rings. The molecule has 1 aliphatic rings. The van der Waals surface area contributed by atoms with Gasteiger partial charge in [0.1, 0.15) is 0 Å². The minimum atomic E-state index is 0.623. The smallest absolute Gasteiger partial charge is 0.230 e. The first-order chi connectivity index (χ1) is 9.70. The standard InChI is InChI=1S/C14H17ClN4O/c1-11-16-17-14(20-11)10-18-5-7-19(8-6-18)13-4-2-3-12(15)9-13/h2-4,9H,5-8,10H2,1H3. The van der Waals surface area contributed by atoms with Gasteiger partial charge in [0, 0.05) is 43.8 Å². The summed E-state index contributed by atoms with van der Waals surface area (Å²) >= 11 is 6.04. The Balaban J connectivity index is 1.57. The lowest BCUT2D eigenvalue weighted by molar-refractivity contribution is 0.225. The second-order valence-corrected chi connectivity index (χ2v) is 5.39. The van der Waals surface area contributed by atoms with Crippen LogP contribution in [0.4, 0.5) is 5.69 Å². The summed E-state index contributed by atoms with van der Waals surface area (Å²) in [5, 5.41) is 8.68. The number of hydrogen-bond donors (Lipinski definition) is 0. The van der Waals surface area contributed by atoms with Crippen molar-refractivity contribution in [2.24, 2.45) is 0 Å². The summed E-state index contributed by atoms with van der Waals surface area (Å²) in [5.41, 5.74) is 1.19. The van der Waals surface area contributed by atoms with Gasteiger partial charge < -0.3 is 9.32 Å².